The molecule has 0 spiro atoms. The first-order valence-electron chi connectivity index (χ1n) is 27.5. The summed E-state index contributed by atoms with van der Waals surface area (Å²) in [5.41, 5.74) is 0.404. The Bertz CT molecular complexity index is 1520. The van der Waals surface area contributed by atoms with Crippen molar-refractivity contribution in [1.82, 2.24) is 10.2 Å². The number of amides is 1. The molecular formula is C54H102N2O8Si3. The fourth-order valence-corrected chi connectivity index (χ4v) is 19.9. The summed E-state index contributed by atoms with van der Waals surface area (Å²) in [4.78, 5) is 29.8. The van der Waals surface area contributed by atoms with Crippen LogP contribution in [0.2, 0.25) is 54.4 Å². The third-order valence-corrected chi connectivity index (χ3v) is 30.8. The van der Waals surface area contributed by atoms with Crippen LogP contribution < -0.4 is 5.32 Å². The highest BCUT2D eigenvalue weighted by molar-refractivity contribution is 6.74. The molecule has 0 bridgehead atoms. The molecule has 0 aromatic rings. The van der Waals surface area contributed by atoms with Crippen LogP contribution in [0.4, 0.5) is 4.79 Å². The molecule has 13 heteroatoms. The Morgan fingerprint density at radius 3 is 2.03 bits per heavy atom. The normalized spacial score (nSPS) is 27.6. The van der Waals surface area contributed by atoms with Gasteiger partial charge in [0.05, 0.1) is 30.3 Å². The van der Waals surface area contributed by atoms with Crippen LogP contribution in [0.25, 0.3) is 0 Å². The van der Waals surface area contributed by atoms with Crippen molar-refractivity contribution >= 4 is 37.0 Å². The van der Waals surface area contributed by atoms with Crippen LogP contribution in [0.15, 0.2) is 36.0 Å². The lowest BCUT2D eigenvalue weighted by Gasteiger charge is -2.39. The summed E-state index contributed by atoms with van der Waals surface area (Å²) in [6.07, 6.45) is 16.5. The van der Waals surface area contributed by atoms with Gasteiger partial charge in [0.1, 0.15) is 12.2 Å². The molecule has 3 aliphatic rings. The number of alkyl carbamates (subject to hydrolysis) is 1. The molecular weight excluding hydrogens is 889 g/mol. The van der Waals surface area contributed by atoms with E-state index in [-0.39, 0.29) is 54.7 Å². The third kappa shape index (κ3) is 18.2. The summed E-state index contributed by atoms with van der Waals surface area (Å²) < 4.78 is 40.7. The first kappa shape index (κ1) is 59.7. The number of esters is 1. The zero-order chi connectivity index (χ0) is 49.8. The molecule has 3 heterocycles. The Morgan fingerprint density at radius 2 is 1.46 bits per heavy atom. The van der Waals surface area contributed by atoms with Crippen LogP contribution in [0.5, 0.6) is 0 Å². The summed E-state index contributed by atoms with van der Waals surface area (Å²) in [5, 5.41) is 3.03. The van der Waals surface area contributed by atoms with Crippen molar-refractivity contribution in [2.75, 3.05) is 26.2 Å². The molecule has 67 heavy (non-hydrogen) atoms. The molecule has 1 amide bonds. The van der Waals surface area contributed by atoms with Gasteiger partial charge >= 0.3 is 12.1 Å². The van der Waals surface area contributed by atoms with E-state index in [4.69, 9.17) is 27.5 Å². The van der Waals surface area contributed by atoms with E-state index in [1.54, 1.807) is 0 Å². The first-order chi connectivity index (χ1) is 31.9. The number of allylic oxidation sites excluding steroid dienone is 2. The van der Waals surface area contributed by atoms with Crippen LogP contribution in [0, 0.1) is 17.8 Å². The van der Waals surface area contributed by atoms with E-state index in [1.165, 1.54) is 19.3 Å². The lowest BCUT2D eigenvalue weighted by Crippen LogP contribution is -2.46. The van der Waals surface area contributed by atoms with Gasteiger partial charge in [0.25, 0.3) is 0 Å². The standard InChI is InChI=1S/C54H102N2O8Si3/c1-16-47(63-66(20-5,21-6)22-7)45(14)52-49(59-52)41-54(15,64-67(23-8,24-9)25-10)35-29-30-43(12)51-44(13)32-34-48(60-53(58)55-36-39-56-37-27-26-28-38-56)42(11)31-33-46(40-50(57)61-51)62-65(17-2,18-3)19-4/h29-30,32,34-35,42,44-49,51-52H,16-28,31,33,36-41H2,1-15H3,(H,55,58)/b34-32+,35-29+,43-30+. The van der Waals surface area contributed by atoms with Gasteiger partial charge in [0, 0.05) is 37.5 Å². The number of cyclic esters (lactones) is 1. The number of nitrogens with one attached hydrogen (secondary N) is 1. The monoisotopic (exact) mass is 991 g/mol. The van der Waals surface area contributed by atoms with E-state index < -0.39 is 42.8 Å². The van der Waals surface area contributed by atoms with Crippen LogP contribution in [-0.2, 0) is 32.3 Å². The van der Waals surface area contributed by atoms with Gasteiger partial charge in [-0.3, -0.25) is 4.79 Å². The van der Waals surface area contributed by atoms with Crippen LogP contribution >= 0.6 is 0 Å². The highest BCUT2D eigenvalue weighted by Gasteiger charge is 2.51. The van der Waals surface area contributed by atoms with Crippen molar-refractivity contribution < 1.29 is 37.1 Å². The fraction of sp³-hybridized carbons (Fsp3) is 0.852. The number of nitrogens with zero attached hydrogens (tertiary/aromatic N) is 1. The van der Waals surface area contributed by atoms with E-state index in [1.807, 2.05) is 6.08 Å². The topological polar surface area (TPSA) is 108 Å². The minimum atomic E-state index is -2.04. The van der Waals surface area contributed by atoms with Gasteiger partial charge in [-0.1, -0.05) is 121 Å². The maximum Gasteiger partial charge on any atom is 0.407 e. The van der Waals surface area contributed by atoms with Gasteiger partial charge in [-0.05, 0) is 131 Å². The van der Waals surface area contributed by atoms with Crippen LogP contribution in [0.1, 0.15) is 155 Å². The number of hydrogen-bond donors (Lipinski definition) is 1. The highest BCUT2D eigenvalue weighted by Crippen LogP contribution is 2.42. The van der Waals surface area contributed by atoms with Crippen LogP contribution in [0.3, 0.4) is 0 Å². The summed E-state index contributed by atoms with van der Waals surface area (Å²) in [5.74, 6) is -0.0872. The largest absolute Gasteiger partial charge is 0.457 e. The van der Waals surface area contributed by atoms with Gasteiger partial charge in [0.15, 0.2) is 25.0 Å². The molecule has 2 saturated heterocycles. The average molecular weight is 992 g/mol. The predicted molar refractivity (Wildman–Crippen MR) is 286 cm³/mol. The molecule has 10 nitrogen and oxygen atoms in total. The van der Waals surface area contributed by atoms with Crippen molar-refractivity contribution in [3.8, 4) is 0 Å². The van der Waals surface area contributed by atoms with Gasteiger partial charge in [-0.15, -0.1) is 0 Å². The maximum atomic E-state index is 14.1. The molecule has 3 aliphatic heterocycles. The van der Waals surface area contributed by atoms with Gasteiger partial charge in [0.2, 0.25) is 0 Å². The Morgan fingerprint density at radius 1 is 0.866 bits per heavy atom. The van der Waals surface area contributed by atoms with Gasteiger partial charge < -0.3 is 37.7 Å². The molecule has 3 rings (SSSR count). The smallest absolute Gasteiger partial charge is 0.407 e. The summed E-state index contributed by atoms with van der Waals surface area (Å²) in [6, 6.07) is 9.62. The SMILES string of the molecule is CCC(O[Si](CC)(CC)CC)C(C)C1OC1CC(C)(/C=C/C=C(\C)C1OC(=O)CC(O[Si](CC)(CC)CC)CCC(C)C(OC(=O)NCCN2CCCCC2)/C=C/C1C)O[Si](CC)(CC)CC. The molecule has 0 aromatic heterocycles. The molecule has 0 aliphatic carbocycles. The quantitative estimate of drug-likeness (QED) is 0.0283. The highest BCUT2D eigenvalue weighted by atomic mass is 28.4. The van der Waals surface area contributed by atoms with E-state index in [0.29, 0.717) is 18.9 Å². The Kier molecular flexibility index (Phi) is 25.9. The number of ether oxygens (including phenoxy) is 3. The first-order valence-corrected chi connectivity index (χ1v) is 35.1. The molecule has 10 unspecified atom stereocenters. The van der Waals surface area contributed by atoms with E-state index in [0.717, 1.165) is 98.9 Å². The lowest BCUT2D eigenvalue weighted by atomic mass is 9.91. The number of piperidine rings is 1. The van der Waals surface area contributed by atoms with Gasteiger partial charge in [-0.2, -0.15) is 0 Å². The van der Waals surface area contributed by atoms with E-state index >= 15 is 0 Å². The Hall–Kier alpha value is -1.59. The zero-order valence-corrected chi connectivity index (χ0v) is 48.6. The summed E-state index contributed by atoms with van der Waals surface area (Å²) >= 11 is 0. The second-order valence-electron chi connectivity index (χ2n) is 21.0. The second kappa shape index (κ2) is 29.1. The lowest BCUT2D eigenvalue weighted by molar-refractivity contribution is -0.150. The number of epoxide rings is 1. The number of carbonyl (C=O) groups excluding carboxylic acids is 2. The predicted octanol–water partition coefficient (Wildman–Crippen LogP) is 13.8. The van der Waals surface area contributed by atoms with Crippen LogP contribution in [-0.4, -0.2) is 110 Å². The van der Waals surface area contributed by atoms with Crippen molar-refractivity contribution in [3.63, 3.8) is 0 Å². The molecule has 0 saturated carbocycles. The number of hydrogen-bond acceptors (Lipinski definition) is 9. The molecule has 0 radical (unpaired) electrons. The number of likely N-dealkylation sites (tertiary alicyclic amines) is 1. The molecule has 2 fully saturated rings. The number of rotatable bonds is 27. The third-order valence-electron chi connectivity index (χ3n) is 16.7. The Balaban J connectivity index is 1.93. The molecule has 10 atom stereocenters. The van der Waals surface area contributed by atoms with Crippen molar-refractivity contribution in [2.45, 2.75) is 252 Å². The minimum absolute atomic E-state index is 0.0253. The fourth-order valence-electron chi connectivity index (χ4n) is 10.9. The molecule has 1 N–H and O–H groups in total. The van der Waals surface area contributed by atoms with Gasteiger partial charge in [-0.25, -0.2) is 4.79 Å². The number of carbonyl (C=O) groups is 2. The molecule has 0 aromatic carbocycles. The van der Waals surface area contributed by atoms with Crippen molar-refractivity contribution in [1.29, 1.82) is 0 Å². The van der Waals surface area contributed by atoms with Crippen molar-refractivity contribution in [3.05, 3.63) is 36.0 Å². The average Bonchev–Trinajstić information content (AvgIpc) is 4.10. The zero-order valence-electron chi connectivity index (χ0n) is 45.6. The Labute approximate surface area is 414 Å². The van der Waals surface area contributed by atoms with Crippen molar-refractivity contribution in [2.24, 2.45) is 17.8 Å². The molecule has 388 valence electrons. The van der Waals surface area contributed by atoms with E-state index in [9.17, 15) is 9.59 Å². The van der Waals surface area contributed by atoms with E-state index in [2.05, 4.69) is 138 Å². The maximum absolute atomic E-state index is 14.1. The minimum Gasteiger partial charge on any atom is -0.457 e. The second-order valence-corrected chi connectivity index (χ2v) is 35.2. The summed E-state index contributed by atoms with van der Waals surface area (Å²) in [7, 11) is -5.83. The summed E-state index contributed by atoms with van der Waals surface area (Å²) in [6.45, 7) is 37.2.